The third-order valence-electron chi connectivity index (χ3n) is 3.23. The fourth-order valence-electron chi connectivity index (χ4n) is 2.17. The number of anilines is 1. The molecule has 0 aliphatic rings. The fourth-order valence-corrected chi connectivity index (χ4v) is 2.17. The van der Waals surface area contributed by atoms with Gasteiger partial charge in [-0.25, -0.2) is 0 Å². The van der Waals surface area contributed by atoms with Gasteiger partial charge < -0.3 is 15.4 Å². The number of amides is 2. The molecule has 0 heterocycles. The number of ether oxygens (including phenoxy) is 1. The molecular formula is C19H22N2O3. The average molecular weight is 326 g/mol. The van der Waals surface area contributed by atoms with Crippen molar-refractivity contribution in [2.45, 2.75) is 26.8 Å². The molecule has 0 atom stereocenters. The Bertz CT molecular complexity index is 726. The first-order valence-electron chi connectivity index (χ1n) is 7.85. The zero-order chi connectivity index (χ0) is 17.5. The van der Waals surface area contributed by atoms with Crippen LogP contribution < -0.4 is 15.4 Å². The topological polar surface area (TPSA) is 67.4 Å². The van der Waals surface area contributed by atoms with Gasteiger partial charge in [-0.05, 0) is 50.6 Å². The van der Waals surface area contributed by atoms with Crippen LogP contribution in [0.3, 0.4) is 0 Å². The van der Waals surface area contributed by atoms with Crippen molar-refractivity contribution in [3.8, 4) is 5.75 Å². The Balaban J connectivity index is 2.00. The Labute approximate surface area is 142 Å². The highest BCUT2D eigenvalue weighted by atomic mass is 16.5. The van der Waals surface area contributed by atoms with Crippen molar-refractivity contribution in [2.75, 3.05) is 11.9 Å². The van der Waals surface area contributed by atoms with Crippen molar-refractivity contribution in [3.63, 3.8) is 0 Å². The smallest absolute Gasteiger partial charge is 0.262 e. The SMILES string of the molecule is Cc1cccc(OCC(=O)Nc2ccccc2C(=O)NC(C)C)c1. The lowest BCUT2D eigenvalue weighted by atomic mass is 10.1. The minimum Gasteiger partial charge on any atom is -0.484 e. The molecule has 0 fully saturated rings. The van der Waals surface area contributed by atoms with Gasteiger partial charge in [0.1, 0.15) is 5.75 Å². The summed E-state index contributed by atoms with van der Waals surface area (Å²) in [5, 5.41) is 5.54. The van der Waals surface area contributed by atoms with Gasteiger partial charge in [0.05, 0.1) is 11.3 Å². The molecule has 126 valence electrons. The van der Waals surface area contributed by atoms with Gasteiger partial charge in [-0.3, -0.25) is 9.59 Å². The van der Waals surface area contributed by atoms with Crippen LogP contribution >= 0.6 is 0 Å². The van der Waals surface area contributed by atoms with Crippen LogP contribution in [0.2, 0.25) is 0 Å². The summed E-state index contributed by atoms with van der Waals surface area (Å²) in [6, 6.07) is 14.4. The lowest BCUT2D eigenvalue weighted by Gasteiger charge is -2.13. The van der Waals surface area contributed by atoms with Gasteiger partial charge >= 0.3 is 0 Å². The van der Waals surface area contributed by atoms with Gasteiger partial charge in [-0.2, -0.15) is 0 Å². The standard InChI is InChI=1S/C19H22N2O3/c1-13(2)20-19(23)16-9-4-5-10-17(16)21-18(22)12-24-15-8-6-7-14(3)11-15/h4-11,13H,12H2,1-3H3,(H,20,23)(H,21,22). The van der Waals surface area contributed by atoms with Crippen molar-refractivity contribution in [2.24, 2.45) is 0 Å². The highest BCUT2D eigenvalue weighted by Gasteiger charge is 2.14. The fraction of sp³-hybridized carbons (Fsp3) is 0.263. The second-order valence-corrected chi connectivity index (χ2v) is 5.83. The zero-order valence-corrected chi connectivity index (χ0v) is 14.1. The van der Waals surface area contributed by atoms with Crippen LogP contribution in [-0.2, 0) is 4.79 Å². The lowest BCUT2D eigenvalue weighted by Crippen LogP contribution is -2.31. The van der Waals surface area contributed by atoms with Crippen LogP contribution in [-0.4, -0.2) is 24.5 Å². The maximum absolute atomic E-state index is 12.2. The van der Waals surface area contributed by atoms with Crippen molar-refractivity contribution in [3.05, 3.63) is 59.7 Å². The summed E-state index contributed by atoms with van der Waals surface area (Å²) in [7, 11) is 0. The Kier molecular flexibility index (Phi) is 5.95. The van der Waals surface area contributed by atoms with Crippen LogP contribution in [0, 0.1) is 6.92 Å². The minimum absolute atomic E-state index is 0.0194. The van der Waals surface area contributed by atoms with E-state index in [1.165, 1.54) is 0 Å². The molecule has 2 rings (SSSR count). The molecule has 0 aromatic heterocycles. The number of carbonyl (C=O) groups is 2. The summed E-state index contributed by atoms with van der Waals surface area (Å²) < 4.78 is 5.47. The largest absolute Gasteiger partial charge is 0.484 e. The first-order chi connectivity index (χ1) is 11.5. The Hall–Kier alpha value is -2.82. The molecule has 0 saturated heterocycles. The van der Waals surface area contributed by atoms with E-state index < -0.39 is 0 Å². The van der Waals surface area contributed by atoms with E-state index in [2.05, 4.69) is 10.6 Å². The van der Waals surface area contributed by atoms with Crippen molar-refractivity contribution in [1.29, 1.82) is 0 Å². The molecule has 0 saturated carbocycles. The summed E-state index contributed by atoms with van der Waals surface area (Å²) in [6.07, 6.45) is 0. The number of hydrogen-bond acceptors (Lipinski definition) is 3. The first-order valence-corrected chi connectivity index (χ1v) is 7.85. The monoisotopic (exact) mass is 326 g/mol. The van der Waals surface area contributed by atoms with Crippen LogP contribution in [0.25, 0.3) is 0 Å². The summed E-state index contributed by atoms with van der Waals surface area (Å²) in [6.45, 7) is 5.60. The van der Waals surface area contributed by atoms with Crippen molar-refractivity contribution < 1.29 is 14.3 Å². The zero-order valence-electron chi connectivity index (χ0n) is 14.1. The van der Waals surface area contributed by atoms with Crippen LogP contribution in [0.5, 0.6) is 5.75 Å². The molecule has 0 bridgehead atoms. The molecule has 2 aromatic carbocycles. The predicted molar refractivity (Wildman–Crippen MR) is 94.3 cm³/mol. The summed E-state index contributed by atoms with van der Waals surface area (Å²) >= 11 is 0. The molecule has 24 heavy (non-hydrogen) atoms. The number of hydrogen-bond donors (Lipinski definition) is 2. The maximum atomic E-state index is 12.2. The molecular weight excluding hydrogens is 304 g/mol. The summed E-state index contributed by atoms with van der Waals surface area (Å²) in [5.41, 5.74) is 1.95. The molecule has 0 spiro atoms. The maximum Gasteiger partial charge on any atom is 0.262 e. The summed E-state index contributed by atoms with van der Waals surface area (Å²) in [4.78, 5) is 24.3. The molecule has 0 radical (unpaired) electrons. The Morgan fingerprint density at radius 2 is 1.83 bits per heavy atom. The number of benzene rings is 2. The molecule has 2 amide bonds. The van der Waals surface area contributed by atoms with Crippen molar-refractivity contribution in [1.82, 2.24) is 5.32 Å². The molecule has 2 N–H and O–H groups in total. The van der Waals surface area contributed by atoms with Gasteiger partial charge in [0.15, 0.2) is 6.61 Å². The van der Waals surface area contributed by atoms with E-state index in [1.54, 1.807) is 30.3 Å². The van der Waals surface area contributed by atoms with Crippen molar-refractivity contribution >= 4 is 17.5 Å². The third kappa shape index (κ3) is 5.12. The molecule has 0 unspecified atom stereocenters. The quantitative estimate of drug-likeness (QED) is 0.857. The third-order valence-corrected chi connectivity index (χ3v) is 3.23. The minimum atomic E-state index is -0.318. The molecule has 0 aliphatic heterocycles. The molecule has 0 aliphatic carbocycles. The lowest BCUT2D eigenvalue weighted by molar-refractivity contribution is -0.118. The van der Waals surface area contributed by atoms with Gasteiger partial charge in [-0.1, -0.05) is 24.3 Å². The van der Waals surface area contributed by atoms with E-state index >= 15 is 0 Å². The second-order valence-electron chi connectivity index (χ2n) is 5.83. The first kappa shape index (κ1) is 17.5. The second kappa shape index (κ2) is 8.15. The average Bonchev–Trinajstić information content (AvgIpc) is 2.53. The van der Waals surface area contributed by atoms with E-state index in [1.807, 2.05) is 39.0 Å². The number of carbonyl (C=O) groups excluding carboxylic acids is 2. The molecule has 5 heteroatoms. The predicted octanol–water partition coefficient (Wildman–Crippen LogP) is 3.15. The normalized spacial score (nSPS) is 10.3. The Morgan fingerprint density at radius 3 is 2.54 bits per heavy atom. The van der Waals surface area contributed by atoms with E-state index in [0.29, 0.717) is 17.0 Å². The Morgan fingerprint density at radius 1 is 1.08 bits per heavy atom. The van der Waals surface area contributed by atoms with Crippen LogP contribution in [0.4, 0.5) is 5.69 Å². The van der Waals surface area contributed by atoms with Gasteiger partial charge in [0, 0.05) is 6.04 Å². The number of para-hydroxylation sites is 1. The van der Waals surface area contributed by atoms with Gasteiger partial charge in [0.25, 0.3) is 11.8 Å². The van der Waals surface area contributed by atoms with E-state index in [-0.39, 0.29) is 24.5 Å². The number of aryl methyl sites for hydroxylation is 1. The van der Waals surface area contributed by atoms with E-state index in [9.17, 15) is 9.59 Å². The van der Waals surface area contributed by atoms with Gasteiger partial charge in [-0.15, -0.1) is 0 Å². The van der Waals surface area contributed by atoms with Crippen LogP contribution in [0.1, 0.15) is 29.8 Å². The molecule has 5 nitrogen and oxygen atoms in total. The van der Waals surface area contributed by atoms with E-state index in [0.717, 1.165) is 5.56 Å². The highest BCUT2D eigenvalue weighted by molar-refractivity contribution is 6.04. The number of nitrogens with one attached hydrogen (secondary N) is 2. The number of rotatable bonds is 6. The van der Waals surface area contributed by atoms with E-state index in [4.69, 9.17) is 4.74 Å². The summed E-state index contributed by atoms with van der Waals surface area (Å²) in [5.74, 6) is 0.0952. The van der Waals surface area contributed by atoms with Crippen LogP contribution in [0.15, 0.2) is 48.5 Å². The highest BCUT2D eigenvalue weighted by Crippen LogP contribution is 2.16. The molecule has 2 aromatic rings. The van der Waals surface area contributed by atoms with Gasteiger partial charge in [0.2, 0.25) is 0 Å².